The van der Waals surface area contributed by atoms with E-state index < -0.39 is 0 Å². The van der Waals surface area contributed by atoms with E-state index in [9.17, 15) is 0 Å². The van der Waals surface area contributed by atoms with Crippen LogP contribution in [0.25, 0.3) is 0 Å². The quantitative estimate of drug-likeness (QED) is 0.561. The molecular formula is C8H17N2O. The largest absolute Gasteiger partial charge is 0.380 e. The highest BCUT2D eigenvalue weighted by Gasteiger charge is 2.24. The van der Waals surface area contributed by atoms with Gasteiger partial charge in [0.25, 0.3) is 0 Å². The number of piperazine rings is 1. The second-order valence-corrected chi connectivity index (χ2v) is 3.12. The average molecular weight is 157 g/mol. The molecule has 3 nitrogen and oxygen atoms in total. The van der Waals surface area contributed by atoms with E-state index in [1.807, 2.05) is 0 Å². The third kappa shape index (κ3) is 2.15. The fraction of sp³-hybridized carbons (Fsp3) is 1.00. The number of likely N-dealkylation sites (N-methyl/N-ethyl adjacent to an activating group) is 1. The van der Waals surface area contributed by atoms with Gasteiger partial charge in [0, 0.05) is 32.8 Å². The Kier molecular flexibility index (Phi) is 3.30. The maximum Gasteiger partial charge on any atom is 0.0711 e. The van der Waals surface area contributed by atoms with Crippen molar-refractivity contribution in [2.45, 2.75) is 19.1 Å². The molecule has 3 heteroatoms. The van der Waals surface area contributed by atoms with E-state index in [2.05, 4.69) is 24.2 Å². The number of hydrogen-bond acceptors (Lipinski definition) is 2. The van der Waals surface area contributed by atoms with E-state index in [1.165, 1.54) is 0 Å². The maximum absolute atomic E-state index is 5.26. The van der Waals surface area contributed by atoms with Crippen molar-refractivity contribution in [2.24, 2.45) is 0 Å². The Morgan fingerprint density at radius 2 is 2.36 bits per heavy atom. The molecule has 0 bridgehead atoms. The van der Waals surface area contributed by atoms with Gasteiger partial charge in [0.1, 0.15) is 0 Å². The molecule has 1 aliphatic heterocycles. The molecule has 0 aliphatic carbocycles. The number of nitrogens with zero attached hydrogens (tertiary/aromatic N) is 2. The van der Waals surface area contributed by atoms with E-state index >= 15 is 0 Å². The third-order valence-corrected chi connectivity index (χ3v) is 2.41. The fourth-order valence-corrected chi connectivity index (χ4v) is 1.42. The lowest BCUT2D eigenvalue weighted by Gasteiger charge is -2.35. The van der Waals surface area contributed by atoms with Crippen molar-refractivity contribution in [2.75, 3.05) is 33.8 Å². The number of ether oxygens (including phenoxy) is 1. The van der Waals surface area contributed by atoms with Crippen LogP contribution in [-0.4, -0.2) is 50.8 Å². The molecule has 0 aromatic carbocycles. The summed E-state index contributed by atoms with van der Waals surface area (Å²) < 4.78 is 5.26. The summed E-state index contributed by atoms with van der Waals surface area (Å²) in [5.41, 5.74) is 0. The summed E-state index contributed by atoms with van der Waals surface area (Å²) in [7, 11) is 3.89. The van der Waals surface area contributed by atoms with E-state index in [1.54, 1.807) is 7.11 Å². The molecule has 0 N–H and O–H groups in total. The van der Waals surface area contributed by atoms with E-state index in [4.69, 9.17) is 4.74 Å². The molecule has 1 aliphatic rings. The lowest BCUT2D eigenvalue weighted by atomic mass is 10.1. The predicted molar refractivity (Wildman–Crippen MR) is 44.8 cm³/mol. The van der Waals surface area contributed by atoms with Gasteiger partial charge < -0.3 is 4.74 Å². The second-order valence-electron chi connectivity index (χ2n) is 3.12. The Balaban J connectivity index is 2.40. The van der Waals surface area contributed by atoms with Crippen molar-refractivity contribution < 1.29 is 4.74 Å². The van der Waals surface area contributed by atoms with Crippen molar-refractivity contribution in [1.82, 2.24) is 10.2 Å². The van der Waals surface area contributed by atoms with Crippen LogP contribution >= 0.6 is 0 Å². The Labute approximate surface area is 68.7 Å². The van der Waals surface area contributed by atoms with Gasteiger partial charge in [-0.2, -0.15) is 0 Å². The summed E-state index contributed by atoms with van der Waals surface area (Å²) in [6.07, 6.45) is 0.295. The van der Waals surface area contributed by atoms with Gasteiger partial charge in [0.05, 0.1) is 6.10 Å². The number of methoxy groups -OCH3 is 1. The van der Waals surface area contributed by atoms with Crippen molar-refractivity contribution in [3.05, 3.63) is 0 Å². The van der Waals surface area contributed by atoms with Gasteiger partial charge in [-0.1, -0.05) is 0 Å². The van der Waals surface area contributed by atoms with Crippen LogP contribution in [0.1, 0.15) is 6.92 Å². The average Bonchev–Trinajstić information content (AvgIpc) is 2.04. The van der Waals surface area contributed by atoms with Crippen LogP contribution in [0.5, 0.6) is 0 Å². The first-order valence-electron chi connectivity index (χ1n) is 4.12. The zero-order valence-corrected chi connectivity index (χ0v) is 7.58. The minimum Gasteiger partial charge on any atom is -0.380 e. The molecule has 1 fully saturated rings. The van der Waals surface area contributed by atoms with Crippen molar-refractivity contribution in [1.29, 1.82) is 0 Å². The first kappa shape index (κ1) is 8.97. The second kappa shape index (κ2) is 4.04. The molecule has 0 aromatic rings. The summed E-state index contributed by atoms with van der Waals surface area (Å²) in [4.78, 5) is 2.32. The highest BCUT2D eigenvalue weighted by molar-refractivity contribution is 4.81. The van der Waals surface area contributed by atoms with Gasteiger partial charge in [-0.05, 0) is 14.0 Å². The Hall–Kier alpha value is -0.120. The minimum absolute atomic E-state index is 0.295. The number of rotatable bonds is 2. The SMILES string of the molecule is COC(C)C1C[N]CCN1C. The zero-order chi connectivity index (χ0) is 8.27. The molecule has 0 saturated carbocycles. The van der Waals surface area contributed by atoms with Crippen molar-refractivity contribution in [3.8, 4) is 0 Å². The molecule has 1 saturated heterocycles. The zero-order valence-electron chi connectivity index (χ0n) is 7.58. The molecule has 0 aromatic heterocycles. The molecule has 1 heterocycles. The van der Waals surface area contributed by atoms with Gasteiger partial charge in [-0.25, -0.2) is 5.32 Å². The van der Waals surface area contributed by atoms with Crippen molar-refractivity contribution >= 4 is 0 Å². The molecule has 0 spiro atoms. The van der Waals surface area contributed by atoms with Crippen molar-refractivity contribution in [3.63, 3.8) is 0 Å². The molecule has 65 valence electrons. The van der Waals surface area contributed by atoms with Gasteiger partial charge >= 0.3 is 0 Å². The highest BCUT2D eigenvalue weighted by atomic mass is 16.5. The molecule has 0 amide bonds. The first-order valence-corrected chi connectivity index (χ1v) is 4.12. The molecular weight excluding hydrogens is 140 g/mol. The normalized spacial score (nSPS) is 30.3. The van der Waals surface area contributed by atoms with E-state index in [-0.39, 0.29) is 0 Å². The van der Waals surface area contributed by atoms with Crippen LogP contribution in [0.4, 0.5) is 0 Å². The smallest absolute Gasteiger partial charge is 0.0711 e. The summed E-state index contributed by atoms with van der Waals surface area (Å²) in [5, 5.41) is 4.36. The first-order chi connectivity index (χ1) is 5.25. The Bertz CT molecular complexity index is 115. The Morgan fingerprint density at radius 1 is 1.64 bits per heavy atom. The summed E-state index contributed by atoms with van der Waals surface area (Å²) in [5.74, 6) is 0. The van der Waals surface area contributed by atoms with Crippen LogP contribution < -0.4 is 5.32 Å². The lowest BCUT2D eigenvalue weighted by Crippen LogP contribution is -2.51. The fourth-order valence-electron chi connectivity index (χ4n) is 1.42. The van der Waals surface area contributed by atoms with Gasteiger partial charge in [0.2, 0.25) is 0 Å². The van der Waals surface area contributed by atoms with E-state index in [0.717, 1.165) is 19.6 Å². The monoisotopic (exact) mass is 157 g/mol. The highest BCUT2D eigenvalue weighted by Crippen LogP contribution is 2.07. The molecule has 1 radical (unpaired) electrons. The standard InChI is InChI=1S/C8H17N2O/c1-7(11-3)8-6-9-4-5-10(8)2/h7-8H,4-6H2,1-3H3. The molecule has 2 unspecified atom stereocenters. The predicted octanol–water partition coefficient (Wildman–Crippen LogP) is -0.0603. The van der Waals surface area contributed by atoms with E-state index in [0.29, 0.717) is 12.1 Å². The molecule has 11 heavy (non-hydrogen) atoms. The van der Waals surface area contributed by atoms with Crippen LogP contribution in [0.15, 0.2) is 0 Å². The maximum atomic E-state index is 5.26. The third-order valence-electron chi connectivity index (χ3n) is 2.41. The molecule has 2 atom stereocenters. The topological polar surface area (TPSA) is 26.6 Å². The van der Waals surface area contributed by atoms with Crippen LogP contribution in [0, 0.1) is 0 Å². The van der Waals surface area contributed by atoms with Crippen LogP contribution in [-0.2, 0) is 4.74 Å². The Morgan fingerprint density at radius 3 is 2.91 bits per heavy atom. The minimum atomic E-state index is 0.295. The van der Waals surface area contributed by atoms with Gasteiger partial charge in [-0.15, -0.1) is 0 Å². The summed E-state index contributed by atoms with van der Waals surface area (Å²) >= 11 is 0. The molecule has 1 rings (SSSR count). The summed E-state index contributed by atoms with van der Waals surface area (Å²) in [6.45, 7) is 5.06. The number of hydrogen-bond donors (Lipinski definition) is 0. The van der Waals surface area contributed by atoms with Gasteiger partial charge in [0.15, 0.2) is 0 Å². The van der Waals surface area contributed by atoms with Crippen LogP contribution in [0.2, 0.25) is 0 Å². The summed E-state index contributed by atoms with van der Waals surface area (Å²) in [6, 6.07) is 0.480. The van der Waals surface area contributed by atoms with Gasteiger partial charge in [-0.3, -0.25) is 4.90 Å². The van der Waals surface area contributed by atoms with Crippen LogP contribution in [0.3, 0.4) is 0 Å². The lowest BCUT2D eigenvalue weighted by molar-refractivity contribution is 0.0252.